The fourth-order valence-electron chi connectivity index (χ4n) is 3.79. The molecule has 5 nitrogen and oxygen atoms in total. The second-order valence-corrected chi connectivity index (χ2v) is 7.70. The van der Waals surface area contributed by atoms with Crippen LogP contribution in [-0.2, 0) is 4.79 Å². The highest BCUT2D eigenvalue weighted by Crippen LogP contribution is 2.44. The molecule has 2 N–H and O–H groups in total. The van der Waals surface area contributed by atoms with Gasteiger partial charge in [-0.15, -0.1) is 0 Å². The van der Waals surface area contributed by atoms with Crippen LogP contribution in [0.1, 0.15) is 39.5 Å². The number of β-amino-alcohol motifs (C(OH)–C–C–N with tert-alkyl or cyclic N) is 1. The van der Waals surface area contributed by atoms with Crippen LogP contribution in [0.25, 0.3) is 0 Å². The lowest BCUT2D eigenvalue weighted by Crippen LogP contribution is -2.55. The van der Waals surface area contributed by atoms with Gasteiger partial charge < -0.3 is 10.4 Å². The predicted molar refractivity (Wildman–Crippen MR) is 86.5 cm³/mol. The molecule has 1 aliphatic heterocycles. The molecule has 3 fully saturated rings. The molecular weight excluding hydrogens is 278 g/mol. The van der Waals surface area contributed by atoms with E-state index in [4.69, 9.17) is 0 Å². The van der Waals surface area contributed by atoms with Crippen molar-refractivity contribution in [2.24, 2.45) is 11.8 Å². The van der Waals surface area contributed by atoms with Gasteiger partial charge in [0.1, 0.15) is 0 Å². The molecule has 0 spiro atoms. The third kappa shape index (κ3) is 4.43. The number of aliphatic hydroxyl groups excluding tert-OH is 1. The van der Waals surface area contributed by atoms with Crippen molar-refractivity contribution in [1.29, 1.82) is 0 Å². The zero-order valence-electron chi connectivity index (χ0n) is 14.0. The Kier molecular flexibility index (Phi) is 5.05. The molecule has 0 aromatic carbocycles. The van der Waals surface area contributed by atoms with Crippen molar-refractivity contribution in [3.8, 4) is 0 Å². The lowest BCUT2D eigenvalue weighted by atomic mass is 10.1. The van der Waals surface area contributed by atoms with Gasteiger partial charge in [0, 0.05) is 38.3 Å². The van der Waals surface area contributed by atoms with Gasteiger partial charge in [-0.25, -0.2) is 0 Å². The molecule has 0 aromatic heterocycles. The first-order chi connectivity index (χ1) is 10.5. The Morgan fingerprint density at radius 3 is 2.36 bits per heavy atom. The molecule has 2 saturated carbocycles. The molecule has 0 aromatic rings. The lowest BCUT2D eigenvalue weighted by Gasteiger charge is -2.40. The van der Waals surface area contributed by atoms with Crippen LogP contribution in [0.5, 0.6) is 0 Å². The summed E-state index contributed by atoms with van der Waals surface area (Å²) in [5.41, 5.74) is 0. The average molecular weight is 309 g/mol. The van der Waals surface area contributed by atoms with Gasteiger partial charge in [0.15, 0.2) is 0 Å². The molecule has 1 saturated heterocycles. The molecule has 2 aliphatic carbocycles. The van der Waals surface area contributed by atoms with E-state index >= 15 is 0 Å². The smallest absolute Gasteiger partial charge is 0.234 e. The topological polar surface area (TPSA) is 55.8 Å². The van der Waals surface area contributed by atoms with E-state index in [1.807, 2.05) is 6.92 Å². The van der Waals surface area contributed by atoms with E-state index in [1.54, 1.807) is 0 Å². The molecule has 2 atom stereocenters. The maximum Gasteiger partial charge on any atom is 0.234 e. The summed E-state index contributed by atoms with van der Waals surface area (Å²) in [6.45, 7) is 8.05. The van der Waals surface area contributed by atoms with Crippen LogP contribution in [0, 0.1) is 11.8 Å². The highest BCUT2D eigenvalue weighted by Gasteiger charge is 2.42. The number of nitrogens with zero attached hydrogens (tertiary/aromatic N) is 2. The minimum absolute atomic E-state index is 0.208. The Morgan fingerprint density at radius 1 is 1.23 bits per heavy atom. The third-order valence-electron chi connectivity index (χ3n) is 5.30. The molecular formula is C17H31N3O2. The Labute approximate surface area is 134 Å². The van der Waals surface area contributed by atoms with E-state index in [0.717, 1.165) is 38.0 Å². The van der Waals surface area contributed by atoms with Crippen LogP contribution in [0.4, 0.5) is 0 Å². The van der Waals surface area contributed by atoms with Gasteiger partial charge in [0.25, 0.3) is 0 Å². The normalized spacial score (nSPS) is 28.8. The van der Waals surface area contributed by atoms with E-state index < -0.39 is 0 Å². The van der Waals surface area contributed by atoms with E-state index in [-0.39, 0.29) is 12.0 Å². The van der Waals surface area contributed by atoms with Crippen molar-refractivity contribution in [2.45, 2.75) is 57.7 Å². The quantitative estimate of drug-likeness (QED) is 0.726. The largest absolute Gasteiger partial charge is 0.392 e. The first-order valence-corrected chi connectivity index (χ1v) is 8.96. The van der Waals surface area contributed by atoms with Crippen molar-refractivity contribution in [3.63, 3.8) is 0 Å². The van der Waals surface area contributed by atoms with E-state index in [1.165, 1.54) is 25.7 Å². The molecule has 0 unspecified atom stereocenters. The van der Waals surface area contributed by atoms with E-state index in [0.29, 0.717) is 18.6 Å². The molecule has 3 aliphatic rings. The molecule has 0 bridgehead atoms. The number of piperazine rings is 1. The lowest BCUT2D eigenvalue weighted by molar-refractivity contribution is -0.124. The highest BCUT2D eigenvalue weighted by atomic mass is 16.3. The predicted octanol–water partition coefficient (Wildman–Crippen LogP) is 0.678. The Balaban J connectivity index is 1.42. The zero-order chi connectivity index (χ0) is 15.7. The molecule has 1 amide bonds. The van der Waals surface area contributed by atoms with Crippen molar-refractivity contribution >= 4 is 5.91 Å². The fourth-order valence-corrected chi connectivity index (χ4v) is 3.79. The van der Waals surface area contributed by atoms with Crippen LogP contribution >= 0.6 is 0 Å². The Hall–Kier alpha value is -0.650. The number of nitrogens with one attached hydrogen (secondary N) is 1. The number of hydrogen-bond donors (Lipinski definition) is 2. The second kappa shape index (κ2) is 6.85. The van der Waals surface area contributed by atoms with Crippen LogP contribution in [-0.4, -0.2) is 71.7 Å². The van der Waals surface area contributed by atoms with Gasteiger partial charge >= 0.3 is 0 Å². The first-order valence-electron chi connectivity index (χ1n) is 8.96. The first kappa shape index (κ1) is 16.2. The maximum atomic E-state index is 12.3. The van der Waals surface area contributed by atoms with E-state index in [2.05, 4.69) is 22.0 Å². The van der Waals surface area contributed by atoms with Gasteiger partial charge in [-0.3, -0.25) is 14.6 Å². The summed E-state index contributed by atoms with van der Waals surface area (Å²) < 4.78 is 0. The van der Waals surface area contributed by atoms with Crippen LogP contribution < -0.4 is 5.32 Å². The number of amides is 1. The molecule has 1 heterocycles. The third-order valence-corrected chi connectivity index (χ3v) is 5.30. The second-order valence-electron chi connectivity index (χ2n) is 7.70. The minimum Gasteiger partial charge on any atom is -0.392 e. The van der Waals surface area contributed by atoms with Gasteiger partial charge in [-0.05, 0) is 51.4 Å². The number of aliphatic hydroxyl groups is 1. The van der Waals surface area contributed by atoms with E-state index in [9.17, 15) is 9.90 Å². The fraction of sp³-hybridized carbons (Fsp3) is 0.941. The van der Waals surface area contributed by atoms with Gasteiger partial charge in [-0.2, -0.15) is 0 Å². The van der Waals surface area contributed by atoms with Gasteiger partial charge in [0.05, 0.1) is 12.6 Å². The monoisotopic (exact) mass is 309 g/mol. The standard InChI is InChI=1S/C17H31N3O2/c1-12-9-19(7-8-20(12)10-13(2)21)11-16(22)18-17(14-3-4-14)15-5-6-15/h12-15,17,21H,3-11H2,1-2H3,(H,18,22)/t12-,13+/m0/s1. The maximum absolute atomic E-state index is 12.3. The molecule has 3 rings (SSSR count). The van der Waals surface area contributed by atoms with Crippen molar-refractivity contribution < 1.29 is 9.90 Å². The highest BCUT2D eigenvalue weighted by molar-refractivity contribution is 5.78. The summed E-state index contributed by atoms with van der Waals surface area (Å²) in [4.78, 5) is 16.9. The van der Waals surface area contributed by atoms with Crippen molar-refractivity contribution in [2.75, 3.05) is 32.7 Å². The van der Waals surface area contributed by atoms with Crippen molar-refractivity contribution in [3.05, 3.63) is 0 Å². The Bertz CT molecular complexity index is 381. The number of carbonyl (C=O) groups is 1. The zero-order valence-corrected chi connectivity index (χ0v) is 14.0. The molecule has 22 heavy (non-hydrogen) atoms. The summed E-state index contributed by atoms with van der Waals surface area (Å²) in [6, 6.07) is 0.861. The minimum atomic E-state index is -0.282. The van der Waals surface area contributed by atoms with Crippen LogP contribution in [0.15, 0.2) is 0 Å². The number of carbonyl (C=O) groups excluding carboxylic acids is 1. The van der Waals surface area contributed by atoms with Crippen LogP contribution in [0.2, 0.25) is 0 Å². The average Bonchev–Trinajstić information content (AvgIpc) is 3.32. The number of rotatable bonds is 7. The van der Waals surface area contributed by atoms with Gasteiger partial charge in [-0.1, -0.05) is 0 Å². The molecule has 126 valence electrons. The summed E-state index contributed by atoms with van der Waals surface area (Å²) in [7, 11) is 0. The van der Waals surface area contributed by atoms with Gasteiger partial charge in [0.2, 0.25) is 5.91 Å². The molecule has 0 radical (unpaired) electrons. The summed E-state index contributed by atoms with van der Waals surface area (Å²) in [6.07, 6.45) is 4.93. The molecule has 5 heteroatoms. The number of hydrogen-bond acceptors (Lipinski definition) is 4. The summed E-state index contributed by atoms with van der Waals surface area (Å²) >= 11 is 0. The SMILES string of the molecule is C[C@@H](O)CN1CCN(CC(=O)NC(C2CC2)C2CC2)C[C@@H]1C. The van der Waals surface area contributed by atoms with Crippen LogP contribution in [0.3, 0.4) is 0 Å². The van der Waals surface area contributed by atoms with Crippen molar-refractivity contribution in [1.82, 2.24) is 15.1 Å². The summed E-state index contributed by atoms with van der Waals surface area (Å²) in [5, 5.41) is 12.8. The summed E-state index contributed by atoms with van der Waals surface area (Å²) in [5.74, 6) is 1.73. The Morgan fingerprint density at radius 2 is 1.86 bits per heavy atom.